The highest BCUT2D eigenvalue weighted by atomic mass is 16.3. The third kappa shape index (κ3) is 1.10. The van der Waals surface area contributed by atoms with Crippen molar-refractivity contribution in [1.82, 2.24) is 0 Å². The van der Waals surface area contributed by atoms with E-state index < -0.39 is 0 Å². The standard InChI is InChI=1S/C10H20O/c1-8-5-6-10(4,7-11)9(8,2)3/h8,11H,5-7H2,1-4H3/t8-,10-/m1/s1. The lowest BCUT2D eigenvalue weighted by Gasteiger charge is -2.39. The van der Waals surface area contributed by atoms with Crippen molar-refractivity contribution in [2.75, 3.05) is 6.61 Å². The van der Waals surface area contributed by atoms with Crippen LogP contribution in [0.4, 0.5) is 0 Å². The molecule has 1 rings (SSSR count). The molecule has 0 aromatic heterocycles. The zero-order chi connectivity index (χ0) is 8.70. The van der Waals surface area contributed by atoms with Crippen molar-refractivity contribution in [3.63, 3.8) is 0 Å². The molecular formula is C10H20O. The Morgan fingerprint density at radius 2 is 1.91 bits per heavy atom. The van der Waals surface area contributed by atoms with Crippen molar-refractivity contribution >= 4 is 0 Å². The predicted molar refractivity (Wildman–Crippen MR) is 47.4 cm³/mol. The molecule has 0 radical (unpaired) electrons. The highest BCUT2D eigenvalue weighted by Gasteiger charge is 2.48. The van der Waals surface area contributed by atoms with Gasteiger partial charge in [0.25, 0.3) is 0 Å². The fraction of sp³-hybridized carbons (Fsp3) is 1.00. The molecular weight excluding hydrogens is 136 g/mol. The molecule has 66 valence electrons. The van der Waals surface area contributed by atoms with Crippen LogP contribution >= 0.6 is 0 Å². The van der Waals surface area contributed by atoms with E-state index in [1.165, 1.54) is 12.8 Å². The minimum absolute atomic E-state index is 0.159. The first kappa shape index (κ1) is 9.05. The molecule has 1 aliphatic rings. The summed E-state index contributed by atoms with van der Waals surface area (Å²) in [6, 6.07) is 0. The largest absolute Gasteiger partial charge is 0.396 e. The maximum absolute atomic E-state index is 9.28. The lowest BCUT2D eigenvalue weighted by molar-refractivity contribution is 0.0298. The third-order valence-electron chi connectivity index (χ3n) is 4.27. The van der Waals surface area contributed by atoms with E-state index in [-0.39, 0.29) is 5.41 Å². The Balaban J connectivity index is 2.86. The second-order valence-electron chi connectivity index (χ2n) is 4.88. The Morgan fingerprint density at radius 3 is 2.09 bits per heavy atom. The summed E-state index contributed by atoms with van der Waals surface area (Å²) in [6.45, 7) is 9.39. The minimum atomic E-state index is 0.159. The summed E-state index contributed by atoms with van der Waals surface area (Å²) in [5.41, 5.74) is 0.466. The summed E-state index contributed by atoms with van der Waals surface area (Å²) < 4.78 is 0. The molecule has 0 heterocycles. The van der Waals surface area contributed by atoms with Crippen LogP contribution in [0.2, 0.25) is 0 Å². The van der Waals surface area contributed by atoms with Gasteiger partial charge in [0, 0.05) is 6.61 Å². The van der Waals surface area contributed by atoms with Gasteiger partial charge in [0.2, 0.25) is 0 Å². The second-order valence-corrected chi connectivity index (χ2v) is 4.88. The van der Waals surface area contributed by atoms with Gasteiger partial charge in [-0.25, -0.2) is 0 Å². The molecule has 2 atom stereocenters. The molecule has 0 bridgehead atoms. The maximum atomic E-state index is 9.28. The zero-order valence-corrected chi connectivity index (χ0v) is 8.15. The average molecular weight is 156 g/mol. The number of aliphatic hydroxyl groups excluding tert-OH is 1. The van der Waals surface area contributed by atoms with Crippen molar-refractivity contribution in [2.45, 2.75) is 40.5 Å². The van der Waals surface area contributed by atoms with Crippen LogP contribution in [-0.4, -0.2) is 11.7 Å². The number of rotatable bonds is 1. The van der Waals surface area contributed by atoms with Crippen molar-refractivity contribution in [1.29, 1.82) is 0 Å². The molecule has 1 aliphatic carbocycles. The maximum Gasteiger partial charge on any atom is 0.0489 e. The van der Waals surface area contributed by atoms with Crippen LogP contribution in [0, 0.1) is 16.7 Å². The smallest absolute Gasteiger partial charge is 0.0489 e. The van der Waals surface area contributed by atoms with Gasteiger partial charge in [0.1, 0.15) is 0 Å². The van der Waals surface area contributed by atoms with Gasteiger partial charge in [-0.05, 0) is 29.6 Å². The zero-order valence-electron chi connectivity index (χ0n) is 8.15. The Bertz CT molecular complexity index is 148. The SMILES string of the molecule is C[C@@H]1CC[C@](C)(CO)C1(C)C. The van der Waals surface area contributed by atoms with Crippen LogP contribution < -0.4 is 0 Å². The first-order valence-electron chi connectivity index (χ1n) is 4.55. The lowest BCUT2D eigenvalue weighted by Crippen LogP contribution is -2.36. The fourth-order valence-electron chi connectivity index (χ4n) is 2.10. The summed E-state index contributed by atoms with van der Waals surface area (Å²) in [5.74, 6) is 0.750. The number of aliphatic hydroxyl groups is 1. The van der Waals surface area contributed by atoms with Gasteiger partial charge in [-0.2, -0.15) is 0 Å². The molecule has 1 heteroatoms. The number of hydrogen-bond donors (Lipinski definition) is 1. The molecule has 0 aromatic carbocycles. The van der Waals surface area contributed by atoms with E-state index in [1.807, 2.05) is 0 Å². The molecule has 0 aromatic rings. The van der Waals surface area contributed by atoms with Crippen LogP contribution in [-0.2, 0) is 0 Å². The average Bonchev–Trinajstić information content (AvgIpc) is 2.15. The third-order valence-corrected chi connectivity index (χ3v) is 4.27. The summed E-state index contributed by atoms with van der Waals surface area (Å²) in [5, 5.41) is 9.28. The topological polar surface area (TPSA) is 20.2 Å². The molecule has 1 fully saturated rings. The van der Waals surface area contributed by atoms with Gasteiger partial charge in [-0.1, -0.05) is 27.7 Å². The Morgan fingerprint density at radius 1 is 1.36 bits per heavy atom. The first-order chi connectivity index (χ1) is 4.94. The number of hydrogen-bond acceptors (Lipinski definition) is 1. The van der Waals surface area contributed by atoms with Gasteiger partial charge in [0.05, 0.1) is 0 Å². The van der Waals surface area contributed by atoms with Gasteiger partial charge in [0.15, 0.2) is 0 Å². The summed E-state index contributed by atoms with van der Waals surface area (Å²) in [6.07, 6.45) is 2.45. The Hall–Kier alpha value is -0.0400. The predicted octanol–water partition coefficient (Wildman–Crippen LogP) is 2.44. The molecule has 1 nitrogen and oxygen atoms in total. The molecule has 0 saturated heterocycles. The van der Waals surface area contributed by atoms with Crippen molar-refractivity contribution in [2.24, 2.45) is 16.7 Å². The van der Waals surface area contributed by atoms with E-state index in [2.05, 4.69) is 27.7 Å². The summed E-state index contributed by atoms with van der Waals surface area (Å²) in [4.78, 5) is 0. The summed E-state index contributed by atoms with van der Waals surface area (Å²) >= 11 is 0. The molecule has 0 aliphatic heterocycles. The van der Waals surface area contributed by atoms with Gasteiger partial charge in [-0.15, -0.1) is 0 Å². The molecule has 1 saturated carbocycles. The van der Waals surface area contributed by atoms with Gasteiger partial charge < -0.3 is 5.11 Å². The monoisotopic (exact) mass is 156 g/mol. The Labute approximate surface area is 69.8 Å². The minimum Gasteiger partial charge on any atom is -0.396 e. The van der Waals surface area contributed by atoms with Crippen LogP contribution in [0.25, 0.3) is 0 Å². The highest BCUT2D eigenvalue weighted by molar-refractivity contribution is 4.98. The Kier molecular flexibility index (Phi) is 2.04. The van der Waals surface area contributed by atoms with E-state index >= 15 is 0 Å². The van der Waals surface area contributed by atoms with E-state index in [4.69, 9.17) is 0 Å². The van der Waals surface area contributed by atoms with Crippen molar-refractivity contribution < 1.29 is 5.11 Å². The normalized spacial score (nSPS) is 42.8. The molecule has 1 N–H and O–H groups in total. The van der Waals surface area contributed by atoms with Crippen LogP contribution in [0.5, 0.6) is 0 Å². The van der Waals surface area contributed by atoms with Crippen LogP contribution in [0.1, 0.15) is 40.5 Å². The lowest BCUT2D eigenvalue weighted by atomic mass is 9.67. The quantitative estimate of drug-likeness (QED) is 0.618. The van der Waals surface area contributed by atoms with E-state index in [9.17, 15) is 5.11 Å². The van der Waals surface area contributed by atoms with Gasteiger partial charge >= 0.3 is 0 Å². The van der Waals surface area contributed by atoms with Crippen molar-refractivity contribution in [3.8, 4) is 0 Å². The highest BCUT2D eigenvalue weighted by Crippen LogP contribution is 2.55. The second kappa shape index (κ2) is 2.48. The molecule has 11 heavy (non-hydrogen) atoms. The van der Waals surface area contributed by atoms with E-state index in [0.717, 1.165) is 5.92 Å². The van der Waals surface area contributed by atoms with Crippen LogP contribution in [0.3, 0.4) is 0 Å². The van der Waals surface area contributed by atoms with Gasteiger partial charge in [-0.3, -0.25) is 0 Å². The first-order valence-corrected chi connectivity index (χ1v) is 4.55. The van der Waals surface area contributed by atoms with E-state index in [0.29, 0.717) is 12.0 Å². The molecule has 0 unspecified atom stereocenters. The molecule has 0 spiro atoms. The van der Waals surface area contributed by atoms with E-state index in [1.54, 1.807) is 0 Å². The van der Waals surface area contributed by atoms with Crippen molar-refractivity contribution in [3.05, 3.63) is 0 Å². The fourth-order valence-corrected chi connectivity index (χ4v) is 2.10. The van der Waals surface area contributed by atoms with Crippen LogP contribution in [0.15, 0.2) is 0 Å². The summed E-state index contributed by atoms with van der Waals surface area (Å²) in [7, 11) is 0. The molecule has 0 amide bonds.